The highest BCUT2D eigenvalue weighted by Crippen LogP contribution is 2.10. The first-order valence-electron chi connectivity index (χ1n) is 4.66. The number of nitrogens with one attached hydrogen (secondary N) is 1. The van der Waals surface area contributed by atoms with Gasteiger partial charge in [0, 0.05) is 24.5 Å². The standard InChI is InChI=1S/C10H13N5/c11-9-4-6-14-10(12,15-9)7-8-3-1-2-5-13-8/h1-6,14H,7,12H2,(H2,11,15). The zero-order valence-electron chi connectivity index (χ0n) is 8.22. The van der Waals surface area contributed by atoms with Crippen LogP contribution in [0.1, 0.15) is 5.69 Å². The number of hydrogen-bond acceptors (Lipinski definition) is 5. The second-order valence-corrected chi connectivity index (χ2v) is 3.44. The van der Waals surface area contributed by atoms with E-state index in [-0.39, 0.29) is 0 Å². The minimum Gasteiger partial charge on any atom is -0.384 e. The molecule has 0 bridgehead atoms. The van der Waals surface area contributed by atoms with Crippen LogP contribution in [0.5, 0.6) is 0 Å². The van der Waals surface area contributed by atoms with Gasteiger partial charge in [0.15, 0.2) is 5.79 Å². The third kappa shape index (κ3) is 2.32. The molecule has 1 unspecified atom stereocenters. The quantitative estimate of drug-likeness (QED) is 0.616. The average molecular weight is 203 g/mol. The number of nitrogens with two attached hydrogens (primary N) is 2. The number of pyridine rings is 1. The Balaban J connectivity index is 2.16. The maximum atomic E-state index is 6.01. The lowest BCUT2D eigenvalue weighted by molar-refractivity contribution is 0.386. The van der Waals surface area contributed by atoms with E-state index < -0.39 is 5.79 Å². The van der Waals surface area contributed by atoms with E-state index in [1.807, 2.05) is 18.2 Å². The van der Waals surface area contributed by atoms with E-state index in [4.69, 9.17) is 11.5 Å². The molecule has 2 heterocycles. The summed E-state index contributed by atoms with van der Waals surface area (Å²) in [6, 6.07) is 5.68. The van der Waals surface area contributed by atoms with Crippen LogP contribution in [0.4, 0.5) is 0 Å². The Morgan fingerprint density at radius 1 is 1.40 bits per heavy atom. The van der Waals surface area contributed by atoms with Crippen molar-refractivity contribution in [3.8, 4) is 0 Å². The first kappa shape index (κ1) is 9.67. The molecule has 0 spiro atoms. The monoisotopic (exact) mass is 203 g/mol. The van der Waals surface area contributed by atoms with Gasteiger partial charge in [-0.05, 0) is 18.2 Å². The first-order chi connectivity index (χ1) is 7.18. The molecule has 1 atom stereocenters. The summed E-state index contributed by atoms with van der Waals surface area (Å²) in [6.07, 6.45) is 5.60. The predicted octanol–water partition coefficient (Wildman–Crippen LogP) is -0.289. The molecule has 0 aromatic carbocycles. The Kier molecular flexibility index (Phi) is 2.39. The molecule has 2 rings (SSSR count). The predicted molar refractivity (Wildman–Crippen MR) is 58.8 cm³/mol. The van der Waals surface area contributed by atoms with Gasteiger partial charge in [-0.1, -0.05) is 6.07 Å². The zero-order valence-corrected chi connectivity index (χ0v) is 8.22. The van der Waals surface area contributed by atoms with Crippen molar-refractivity contribution in [2.24, 2.45) is 16.5 Å². The van der Waals surface area contributed by atoms with Crippen molar-refractivity contribution < 1.29 is 0 Å². The zero-order chi connectivity index (χ0) is 10.7. The third-order valence-electron chi connectivity index (χ3n) is 2.09. The number of hydrogen-bond donors (Lipinski definition) is 3. The molecule has 0 saturated heterocycles. The molecule has 1 aliphatic rings. The van der Waals surface area contributed by atoms with Gasteiger partial charge in [0.05, 0.1) is 0 Å². The third-order valence-corrected chi connectivity index (χ3v) is 2.09. The summed E-state index contributed by atoms with van der Waals surface area (Å²) in [6.45, 7) is 0. The highest BCUT2D eigenvalue weighted by Gasteiger charge is 2.25. The van der Waals surface area contributed by atoms with E-state index in [9.17, 15) is 0 Å². The van der Waals surface area contributed by atoms with Gasteiger partial charge in [-0.25, -0.2) is 4.99 Å². The number of aliphatic imine (C=N–C) groups is 1. The number of amidine groups is 1. The van der Waals surface area contributed by atoms with Crippen molar-refractivity contribution >= 4 is 5.84 Å². The van der Waals surface area contributed by atoms with Gasteiger partial charge < -0.3 is 11.1 Å². The summed E-state index contributed by atoms with van der Waals surface area (Å²) in [5, 5.41) is 2.96. The highest BCUT2D eigenvalue weighted by molar-refractivity contribution is 5.92. The molecule has 0 radical (unpaired) electrons. The average Bonchev–Trinajstić information content (AvgIpc) is 2.18. The maximum absolute atomic E-state index is 6.01. The minimum absolute atomic E-state index is 0.423. The van der Waals surface area contributed by atoms with Crippen molar-refractivity contribution in [3.05, 3.63) is 42.4 Å². The fourth-order valence-electron chi connectivity index (χ4n) is 1.44. The van der Waals surface area contributed by atoms with E-state index >= 15 is 0 Å². The van der Waals surface area contributed by atoms with E-state index in [2.05, 4.69) is 15.3 Å². The summed E-state index contributed by atoms with van der Waals surface area (Å²) in [7, 11) is 0. The van der Waals surface area contributed by atoms with Crippen LogP contribution >= 0.6 is 0 Å². The van der Waals surface area contributed by atoms with Gasteiger partial charge in [-0.15, -0.1) is 0 Å². The number of nitrogens with zero attached hydrogens (tertiary/aromatic N) is 2. The normalized spacial score (nSPS) is 24.5. The Labute approximate surface area is 87.9 Å². The topological polar surface area (TPSA) is 89.3 Å². The lowest BCUT2D eigenvalue weighted by atomic mass is 10.1. The highest BCUT2D eigenvalue weighted by atomic mass is 15.3. The van der Waals surface area contributed by atoms with Crippen molar-refractivity contribution in [1.29, 1.82) is 0 Å². The molecule has 0 fully saturated rings. The Bertz CT molecular complexity index is 398. The summed E-state index contributed by atoms with van der Waals surface area (Å²) in [5.41, 5.74) is 12.5. The van der Waals surface area contributed by atoms with Gasteiger partial charge in [0.25, 0.3) is 0 Å². The molecule has 1 aromatic rings. The largest absolute Gasteiger partial charge is 0.384 e. The Morgan fingerprint density at radius 2 is 2.27 bits per heavy atom. The molecule has 15 heavy (non-hydrogen) atoms. The second kappa shape index (κ2) is 3.70. The lowest BCUT2D eigenvalue weighted by Gasteiger charge is -2.27. The van der Waals surface area contributed by atoms with Crippen LogP contribution in [0.2, 0.25) is 0 Å². The summed E-state index contributed by atoms with van der Waals surface area (Å²) >= 11 is 0. The molecule has 5 N–H and O–H groups in total. The van der Waals surface area contributed by atoms with Crippen LogP contribution in [-0.2, 0) is 6.42 Å². The van der Waals surface area contributed by atoms with Gasteiger partial charge in [0.1, 0.15) is 5.84 Å². The molecule has 0 saturated carbocycles. The van der Waals surface area contributed by atoms with Crippen LogP contribution in [-0.4, -0.2) is 16.6 Å². The van der Waals surface area contributed by atoms with Gasteiger partial charge in [-0.3, -0.25) is 10.7 Å². The van der Waals surface area contributed by atoms with Crippen molar-refractivity contribution in [1.82, 2.24) is 10.3 Å². The lowest BCUT2D eigenvalue weighted by Crippen LogP contribution is -2.54. The summed E-state index contributed by atoms with van der Waals surface area (Å²) < 4.78 is 0. The van der Waals surface area contributed by atoms with Gasteiger partial charge >= 0.3 is 0 Å². The van der Waals surface area contributed by atoms with E-state index in [0.717, 1.165) is 5.69 Å². The van der Waals surface area contributed by atoms with Crippen LogP contribution < -0.4 is 16.8 Å². The molecule has 1 aliphatic heterocycles. The van der Waals surface area contributed by atoms with Crippen LogP contribution in [0.25, 0.3) is 0 Å². The van der Waals surface area contributed by atoms with E-state index in [1.165, 1.54) is 0 Å². The van der Waals surface area contributed by atoms with Crippen molar-refractivity contribution in [2.45, 2.75) is 12.2 Å². The molecular formula is C10H13N5. The first-order valence-corrected chi connectivity index (χ1v) is 4.66. The Hall–Kier alpha value is -1.88. The fourth-order valence-corrected chi connectivity index (χ4v) is 1.44. The molecule has 5 heteroatoms. The fraction of sp³-hybridized carbons (Fsp3) is 0.200. The van der Waals surface area contributed by atoms with Gasteiger partial charge in [-0.2, -0.15) is 0 Å². The van der Waals surface area contributed by atoms with Crippen molar-refractivity contribution in [3.63, 3.8) is 0 Å². The minimum atomic E-state index is -0.882. The summed E-state index contributed by atoms with van der Waals surface area (Å²) in [5.74, 6) is -0.458. The van der Waals surface area contributed by atoms with Crippen molar-refractivity contribution in [2.75, 3.05) is 0 Å². The molecule has 5 nitrogen and oxygen atoms in total. The molecule has 1 aromatic heterocycles. The number of rotatable bonds is 2. The smallest absolute Gasteiger partial charge is 0.189 e. The number of aromatic nitrogens is 1. The molecule has 78 valence electrons. The summed E-state index contributed by atoms with van der Waals surface area (Å²) in [4.78, 5) is 8.33. The van der Waals surface area contributed by atoms with Gasteiger partial charge in [0.2, 0.25) is 0 Å². The Morgan fingerprint density at radius 3 is 2.93 bits per heavy atom. The molecule has 0 amide bonds. The van der Waals surface area contributed by atoms with E-state index in [0.29, 0.717) is 12.3 Å². The SMILES string of the molecule is NC1=NC(N)(Cc2ccccn2)NC=C1. The van der Waals surface area contributed by atoms with Crippen LogP contribution in [0.15, 0.2) is 41.7 Å². The molecule has 0 aliphatic carbocycles. The maximum Gasteiger partial charge on any atom is 0.189 e. The van der Waals surface area contributed by atoms with Crippen LogP contribution in [0, 0.1) is 0 Å². The van der Waals surface area contributed by atoms with E-state index in [1.54, 1.807) is 18.5 Å². The second-order valence-electron chi connectivity index (χ2n) is 3.44. The molecular weight excluding hydrogens is 190 g/mol. The van der Waals surface area contributed by atoms with Crippen LogP contribution in [0.3, 0.4) is 0 Å².